The van der Waals surface area contributed by atoms with E-state index in [0.29, 0.717) is 5.75 Å². The summed E-state index contributed by atoms with van der Waals surface area (Å²) in [6.07, 6.45) is 0. The molecule has 0 aromatic heterocycles. The average molecular weight is 251 g/mol. The smallest absolute Gasteiger partial charge is 0.394 e. The number of nitrogens with one attached hydrogen (secondary N) is 1. The van der Waals surface area contributed by atoms with Gasteiger partial charge in [0.05, 0.1) is 7.11 Å². The van der Waals surface area contributed by atoms with Gasteiger partial charge in [0, 0.05) is 17.5 Å². The number of hydrogen-bond donors (Lipinski definition) is 2. The predicted octanol–water partition coefficient (Wildman–Crippen LogP) is 1.17. The highest BCUT2D eigenvalue weighted by molar-refractivity contribution is 6.31. The first-order valence-electron chi connectivity index (χ1n) is 5.53. The van der Waals surface area contributed by atoms with Gasteiger partial charge in [-0.05, 0) is 6.07 Å². The Morgan fingerprint density at radius 3 is 2.50 bits per heavy atom. The molecule has 0 unspecified atom stereocenters. The third-order valence-electron chi connectivity index (χ3n) is 2.72. The van der Waals surface area contributed by atoms with Crippen molar-refractivity contribution in [3.05, 3.63) is 29.8 Å². The number of benzene rings is 1. The number of carboxylic acids is 1. The second-order valence-electron chi connectivity index (χ2n) is 4.57. The molecule has 0 radical (unpaired) electrons. The van der Waals surface area contributed by atoms with E-state index in [1.807, 2.05) is 38.1 Å². The largest absolute Gasteiger partial charge is 0.496 e. The first-order chi connectivity index (χ1) is 8.38. The van der Waals surface area contributed by atoms with Crippen molar-refractivity contribution in [2.45, 2.75) is 19.3 Å². The van der Waals surface area contributed by atoms with Gasteiger partial charge in [-0.2, -0.15) is 0 Å². The molecule has 0 heterocycles. The molecule has 0 fully saturated rings. The third-order valence-corrected chi connectivity index (χ3v) is 2.72. The standard InChI is InChI=1S/C13H17NO4/c1-13(2,8-14-11(15)12(16)17)9-6-4-5-7-10(9)18-3/h4-7H,8H2,1-3H3,(H,14,15)(H,16,17). The molecule has 18 heavy (non-hydrogen) atoms. The topological polar surface area (TPSA) is 75.6 Å². The van der Waals surface area contributed by atoms with E-state index in [1.54, 1.807) is 7.11 Å². The van der Waals surface area contributed by atoms with Crippen molar-refractivity contribution in [1.29, 1.82) is 0 Å². The van der Waals surface area contributed by atoms with E-state index in [2.05, 4.69) is 5.32 Å². The second kappa shape index (κ2) is 5.53. The summed E-state index contributed by atoms with van der Waals surface area (Å²) in [6, 6.07) is 7.45. The van der Waals surface area contributed by atoms with E-state index < -0.39 is 17.3 Å². The van der Waals surface area contributed by atoms with Crippen LogP contribution < -0.4 is 10.1 Å². The normalized spacial score (nSPS) is 10.8. The van der Waals surface area contributed by atoms with Crippen LogP contribution in [-0.4, -0.2) is 30.6 Å². The SMILES string of the molecule is COc1ccccc1C(C)(C)CNC(=O)C(=O)O. The number of para-hydroxylation sites is 1. The van der Waals surface area contributed by atoms with Gasteiger partial charge in [0.2, 0.25) is 0 Å². The lowest BCUT2D eigenvalue weighted by molar-refractivity contribution is -0.150. The lowest BCUT2D eigenvalue weighted by Gasteiger charge is -2.27. The van der Waals surface area contributed by atoms with E-state index in [9.17, 15) is 9.59 Å². The Hall–Kier alpha value is -2.04. The van der Waals surface area contributed by atoms with Gasteiger partial charge < -0.3 is 15.2 Å². The molecule has 5 nitrogen and oxygen atoms in total. The van der Waals surface area contributed by atoms with Crippen molar-refractivity contribution in [3.63, 3.8) is 0 Å². The molecule has 98 valence electrons. The number of ether oxygens (including phenoxy) is 1. The van der Waals surface area contributed by atoms with E-state index in [1.165, 1.54) is 0 Å². The zero-order valence-electron chi connectivity index (χ0n) is 10.7. The third kappa shape index (κ3) is 3.23. The average Bonchev–Trinajstić information content (AvgIpc) is 2.35. The molecule has 1 amide bonds. The number of carbonyl (C=O) groups is 2. The summed E-state index contributed by atoms with van der Waals surface area (Å²) in [5.41, 5.74) is 0.496. The van der Waals surface area contributed by atoms with Crippen molar-refractivity contribution in [2.24, 2.45) is 0 Å². The van der Waals surface area contributed by atoms with Crippen LogP contribution >= 0.6 is 0 Å². The van der Waals surface area contributed by atoms with Gasteiger partial charge in [0.15, 0.2) is 0 Å². The summed E-state index contributed by atoms with van der Waals surface area (Å²) >= 11 is 0. The molecule has 1 aromatic rings. The number of aliphatic carboxylic acids is 1. The molecule has 0 bridgehead atoms. The summed E-state index contributed by atoms with van der Waals surface area (Å²) < 4.78 is 5.26. The molecular formula is C13H17NO4. The predicted molar refractivity (Wildman–Crippen MR) is 66.7 cm³/mol. The molecule has 1 aromatic carbocycles. The summed E-state index contributed by atoms with van der Waals surface area (Å²) in [5, 5.41) is 10.9. The van der Waals surface area contributed by atoms with Crippen molar-refractivity contribution < 1.29 is 19.4 Å². The number of amides is 1. The Balaban J connectivity index is 2.85. The number of rotatable bonds is 4. The van der Waals surface area contributed by atoms with Gasteiger partial charge >= 0.3 is 11.9 Å². The van der Waals surface area contributed by atoms with Crippen LogP contribution in [0.5, 0.6) is 5.75 Å². The maximum atomic E-state index is 11.0. The van der Waals surface area contributed by atoms with E-state index >= 15 is 0 Å². The Morgan fingerprint density at radius 1 is 1.33 bits per heavy atom. The van der Waals surface area contributed by atoms with Crippen LogP contribution in [-0.2, 0) is 15.0 Å². The Kier molecular flexibility index (Phi) is 4.31. The molecule has 0 aliphatic carbocycles. The van der Waals surface area contributed by atoms with E-state index in [0.717, 1.165) is 5.56 Å². The maximum Gasteiger partial charge on any atom is 0.394 e. The molecule has 0 spiro atoms. The number of hydrogen-bond acceptors (Lipinski definition) is 3. The molecule has 2 N–H and O–H groups in total. The summed E-state index contributed by atoms with van der Waals surface area (Å²) in [7, 11) is 1.57. The Bertz CT molecular complexity index is 454. The fraction of sp³-hybridized carbons (Fsp3) is 0.385. The highest BCUT2D eigenvalue weighted by Crippen LogP contribution is 2.30. The van der Waals surface area contributed by atoms with Crippen molar-refractivity contribution in [2.75, 3.05) is 13.7 Å². The molecule has 0 saturated heterocycles. The minimum atomic E-state index is -1.48. The molecule has 5 heteroatoms. The van der Waals surface area contributed by atoms with Crippen molar-refractivity contribution >= 4 is 11.9 Å². The van der Waals surface area contributed by atoms with Crippen molar-refractivity contribution in [3.8, 4) is 5.75 Å². The zero-order chi connectivity index (χ0) is 13.8. The minimum absolute atomic E-state index is 0.221. The quantitative estimate of drug-likeness (QED) is 0.788. The fourth-order valence-corrected chi connectivity index (χ4v) is 1.68. The number of methoxy groups -OCH3 is 1. The Morgan fingerprint density at radius 2 is 1.94 bits per heavy atom. The Labute approximate surface area is 106 Å². The fourth-order valence-electron chi connectivity index (χ4n) is 1.68. The summed E-state index contributed by atoms with van der Waals surface area (Å²) in [5.74, 6) is -1.77. The van der Waals surface area contributed by atoms with Gasteiger partial charge in [-0.15, -0.1) is 0 Å². The van der Waals surface area contributed by atoms with Crippen molar-refractivity contribution in [1.82, 2.24) is 5.32 Å². The monoisotopic (exact) mass is 251 g/mol. The molecule has 0 saturated carbocycles. The molecule has 0 aliphatic rings. The van der Waals surface area contributed by atoms with Crippen LogP contribution in [0, 0.1) is 0 Å². The van der Waals surface area contributed by atoms with E-state index in [-0.39, 0.29) is 6.54 Å². The number of carbonyl (C=O) groups excluding carboxylic acids is 1. The van der Waals surface area contributed by atoms with Gasteiger partial charge in [-0.1, -0.05) is 32.0 Å². The van der Waals surface area contributed by atoms with Gasteiger partial charge in [-0.3, -0.25) is 4.79 Å². The molecular weight excluding hydrogens is 234 g/mol. The van der Waals surface area contributed by atoms with Crippen LogP contribution in [0.25, 0.3) is 0 Å². The van der Waals surface area contributed by atoms with Crippen LogP contribution in [0.1, 0.15) is 19.4 Å². The lowest BCUT2D eigenvalue weighted by Crippen LogP contribution is -2.40. The molecule has 1 rings (SSSR count). The first kappa shape index (κ1) is 14.0. The van der Waals surface area contributed by atoms with Crippen LogP contribution in [0.3, 0.4) is 0 Å². The highest BCUT2D eigenvalue weighted by Gasteiger charge is 2.25. The summed E-state index contributed by atoms with van der Waals surface area (Å²) in [4.78, 5) is 21.5. The van der Waals surface area contributed by atoms with E-state index in [4.69, 9.17) is 9.84 Å². The van der Waals surface area contributed by atoms with Crippen LogP contribution in [0.4, 0.5) is 0 Å². The minimum Gasteiger partial charge on any atom is -0.496 e. The lowest BCUT2D eigenvalue weighted by atomic mass is 9.84. The highest BCUT2D eigenvalue weighted by atomic mass is 16.5. The summed E-state index contributed by atoms with van der Waals surface area (Å²) in [6.45, 7) is 4.04. The van der Waals surface area contributed by atoms with Gasteiger partial charge in [-0.25, -0.2) is 4.79 Å². The number of carboxylic acid groups (broad SMARTS) is 1. The van der Waals surface area contributed by atoms with Gasteiger partial charge in [0.25, 0.3) is 0 Å². The van der Waals surface area contributed by atoms with Gasteiger partial charge in [0.1, 0.15) is 5.75 Å². The molecule has 0 atom stereocenters. The van der Waals surface area contributed by atoms with Crippen LogP contribution in [0.2, 0.25) is 0 Å². The zero-order valence-corrected chi connectivity index (χ0v) is 10.7. The molecule has 0 aliphatic heterocycles. The van der Waals surface area contributed by atoms with Crippen LogP contribution in [0.15, 0.2) is 24.3 Å². The first-order valence-corrected chi connectivity index (χ1v) is 5.53. The maximum absolute atomic E-state index is 11.0. The second-order valence-corrected chi connectivity index (χ2v) is 4.57.